The van der Waals surface area contributed by atoms with Gasteiger partial charge < -0.3 is 15.2 Å². The Hall–Kier alpha value is -2.53. The SMILES string of the molecule is CCOc1ccc(C(C)Cc2nc(NC(CO)CC(C)C)nc(NS(C)(=O)=O)n2)cn1. The van der Waals surface area contributed by atoms with E-state index in [0.717, 1.165) is 11.8 Å². The van der Waals surface area contributed by atoms with Crippen molar-refractivity contribution >= 4 is 21.9 Å². The average molecular weight is 453 g/mol. The Bertz CT molecular complexity index is 937. The van der Waals surface area contributed by atoms with Gasteiger partial charge >= 0.3 is 0 Å². The van der Waals surface area contributed by atoms with Gasteiger partial charge in [-0.1, -0.05) is 26.8 Å². The van der Waals surface area contributed by atoms with Gasteiger partial charge in [-0.3, -0.25) is 4.72 Å². The number of hydrogen-bond donors (Lipinski definition) is 3. The molecule has 2 unspecified atom stereocenters. The quantitative estimate of drug-likeness (QED) is 0.442. The Labute approximate surface area is 184 Å². The van der Waals surface area contributed by atoms with Crippen LogP contribution in [0.1, 0.15) is 51.4 Å². The van der Waals surface area contributed by atoms with Crippen LogP contribution in [0.5, 0.6) is 5.88 Å². The molecule has 2 rings (SSSR count). The lowest BCUT2D eigenvalue weighted by atomic mass is 9.99. The number of nitrogens with one attached hydrogen (secondary N) is 2. The first-order chi connectivity index (χ1) is 14.6. The van der Waals surface area contributed by atoms with Crippen molar-refractivity contribution in [3.8, 4) is 5.88 Å². The van der Waals surface area contributed by atoms with Crippen molar-refractivity contribution in [3.05, 3.63) is 29.7 Å². The molecule has 10 nitrogen and oxygen atoms in total. The molecule has 31 heavy (non-hydrogen) atoms. The topological polar surface area (TPSA) is 139 Å². The van der Waals surface area contributed by atoms with E-state index in [1.165, 1.54) is 0 Å². The largest absolute Gasteiger partial charge is 0.478 e. The van der Waals surface area contributed by atoms with E-state index in [-0.39, 0.29) is 30.5 Å². The van der Waals surface area contributed by atoms with Crippen molar-refractivity contribution in [2.45, 2.75) is 52.5 Å². The fourth-order valence-electron chi connectivity index (χ4n) is 3.03. The van der Waals surface area contributed by atoms with E-state index in [1.807, 2.05) is 39.8 Å². The number of rotatable bonds is 12. The zero-order valence-corrected chi connectivity index (χ0v) is 19.5. The summed E-state index contributed by atoms with van der Waals surface area (Å²) in [4.78, 5) is 17.2. The first-order valence-electron chi connectivity index (χ1n) is 10.3. The molecule has 0 aromatic carbocycles. The van der Waals surface area contributed by atoms with Crippen molar-refractivity contribution in [2.75, 3.05) is 29.5 Å². The normalized spacial score (nSPS) is 13.6. The molecule has 2 heterocycles. The molecule has 172 valence electrons. The minimum atomic E-state index is -3.56. The highest BCUT2D eigenvalue weighted by Gasteiger charge is 2.17. The summed E-state index contributed by atoms with van der Waals surface area (Å²) in [5.74, 6) is 1.51. The molecule has 0 saturated heterocycles. The molecule has 3 N–H and O–H groups in total. The zero-order valence-electron chi connectivity index (χ0n) is 18.7. The summed E-state index contributed by atoms with van der Waals surface area (Å²) in [6.07, 6.45) is 3.93. The minimum Gasteiger partial charge on any atom is -0.478 e. The van der Waals surface area contributed by atoms with Crippen LogP contribution in [-0.4, -0.2) is 59.0 Å². The Morgan fingerprint density at radius 2 is 1.84 bits per heavy atom. The van der Waals surface area contributed by atoms with Crippen molar-refractivity contribution in [1.82, 2.24) is 19.9 Å². The van der Waals surface area contributed by atoms with Crippen LogP contribution in [0.15, 0.2) is 18.3 Å². The second-order valence-corrected chi connectivity index (χ2v) is 9.64. The fraction of sp³-hybridized carbons (Fsp3) is 0.600. The number of aromatic nitrogens is 4. The van der Waals surface area contributed by atoms with Crippen molar-refractivity contribution in [1.29, 1.82) is 0 Å². The third kappa shape index (κ3) is 8.62. The van der Waals surface area contributed by atoms with E-state index in [0.29, 0.717) is 37.1 Å². The van der Waals surface area contributed by atoms with Gasteiger partial charge in [0.1, 0.15) is 5.82 Å². The van der Waals surface area contributed by atoms with Gasteiger partial charge in [-0.15, -0.1) is 0 Å². The van der Waals surface area contributed by atoms with E-state index >= 15 is 0 Å². The summed E-state index contributed by atoms with van der Waals surface area (Å²) in [7, 11) is -3.56. The maximum Gasteiger partial charge on any atom is 0.241 e. The van der Waals surface area contributed by atoms with E-state index < -0.39 is 10.0 Å². The summed E-state index contributed by atoms with van der Waals surface area (Å²) in [5, 5.41) is 12.7. The summed E-state index contributed by atoms with van der Waals surface area (Å²) in [6, 6.07) is 3.49. The molecular formula is C20H32N6O4S. The monoisotopic (exact) mass is 452 g/mol. The maximum atomic E-state index is 11.7. The van der Waals surface area contributed by atoms with E-state index in [9.17, 15) is 13.5 Å². The molecule has 0 radical (unpaired) electrons. The van der Waals surface area contributed by atoms with Gasteiger partial charge in [0.05, 0.1) is 25.5 Å². The predicted octanol–water partition coefficient (Wildman–Crippen LogP) is 2.20. The number of aliphatic hydroxyl groups excluding tert-OH is 1. The molecular weight excluding hydrogens is 420 g/mol. The Morgan fingerprint density at radius 3 is 2.39 bits per heavy atom. The fourth-order valence-corrected chi connectivity index (χ4v) is 3.45. The lowest BCUT2D eigenvalue weighted by Gasteiger charge is -2.19. The van der Waals surface area contributed by atoms with Crippen LogP contribution >= 0.6 is 0 Å². The molecule has 2 aromatic heterocycles. The van der Waals surface area contributed by atoms with Gasteiger partial charge in [-0.2, -0.15) is 15.0 Å². The minimum absolute atomic E-state index is 0.0220. The second kappa shape index (κ2) is 11.2. The van der Waals surface area contributed by atoms with Crippen LogP contribution in [0.3, 0.4) is 0 Å². The summed E-state index contributed by atoms with van der Waals surface area (Å²) >= 11 is 0. The number of ether oxygens (including phenoxy) is 1. The molecule has 0 spiro atoms. The maximum absolute atomic E-state index is 11.7. The van der Waals surface area contributed by atoms with Gasteiger partial charge in [0, 0.05) is 18.7 Å². The van der Waals surface area contributed by atoms with Crippen LogP contribution in [0.2, 0.25) is 0 Å². The molecule has 2 atom stereocenters. The number of aliphatic hydroxyl groups is 1. The molecule has 0 aliphatic rings. The average Bonchev–Trinajstić information content (AvgIpc) is 2.66. The summed E-state index contributed by atoms with van der Waals surface area (Å²) in [6.45, 7) is 8.45. The van der Waals surface area contributed by atoms with Gasteiger partial charge in [-0.25, -0.2) is 13.4 Å². The van der Waals surface area contributed by atoms with Crippen LogP contribution < -0.4 is 14.8 Å². The lowest BCUT2D eigenvalue weighted by Crippen LogP contribution is -2.27. The van der Waals surface area contributed by atoms with Gasteiger partial charge in [-0.05, 0) is 30.7 Å². The van der Waals surface area contributed by atoms with E-state index in [4.69, 9.17) is 4.74 Å². The Balaban J connectivity index is 2.26. The van der Waals surface area contributed by atoms with Gasteiger partial charge in [0.2, 0.25) is 27.8 Å². The zero-order chi connectivity index (χ0) is 23.0. The standard InChI is InChI=1S/C20H32N6O4S/c1-6-30-18-8-7-15(11-21-18)14(4)10-17-23-19(22-16(12-27)9-13(2)3)25-20(24-17)26-31(5,28)29/h7-8,11,13-14,16,27H,6,9-10,12H2,1-5H3,(H2,22,23,24,25,26). The van der Waals surface area contributed by atoms with Crippen LogP contribution in [-0.2, 0) is 16.4 Å². The van der Waals surface area contributed by atoms with Crippen LogP contribution in [0.25, 0.3) is 0 Å². The highest BCUT2D eigenvalue weighted by atomic mass is 32.2. The summed E-state index contributed by atoms with van der Waals surface area (Å²) in [5.41, 5.74) is 0.976. The van der Waals surface area contributed by atoms with Crippen LogP contribution in [0.4, 0.5) is 11.9 Å². The molecule has 11 heteroatoms. The Kier molecular flexibility index (Phi) is 8.93. The molecule has 0 aliphatic heterocycles. The first-order valence-corrected chi connectivity index (χ1v) is 12.2. The first kappa shape index (κ1) is 24.7. The smallest absolute Gasteiger partial charge is 0.241 e. The van der Waals surface area contributed by atoms with Crippen LogP contribution in [0, 0.1) is 5.92 Å². The molecule has 0 bridgehead atoms. The molecule has 2 aromatic rings. The molecule has 0 amide bonds. The van der Waals surface area contributed by atoms with Crippen molar-refractivity contribution in [2.24, 2.45) is 5.92 Å². The highest BCUT2D eigenvalue weighted by molar-refractivity contribution is 7.91. The number of nitrogens with zero attached hydrogens (tertiary/aromatic N) is 4. The molecule has 0 saturated carbocycles. The molecule has 0 fully saturated rings. The predicted molar refractivity (Wildman–Crippen MR) is 120 cm³/mol. The third-order valence-electron chi connectivity index (χ3n) is 4.38. The van der Waals surface area contributed by atoms with E-state index in [2.05, 4.69) is 30.0 Å². The third-order valence-corrected chi connectivity index (χ3v) is 4.93. The van der Waals surface area contributed by atoms with E-state index in [1.54, 1.807) is 6.20 Å². The highest BCUT2D eigenvalue weighted by Crippen LogP contribution is 2.21. The second-order valence-electron chi connectivity index (χ2n) is 7.89. The number of sulfonamides is 1. The summed E-state index contributed by atoms with van der Waals surface area (Å²) < 4.78 is 31.0. The molecule has 0 aliphatic carbocycles. The van der Waals surface area contributed by atoms with Gasteiger partial charge in [0.25, 0.3) is 0 Å². The van der Waals surface area contributed by atoms with Crippen molar-refractivity contribution < 1.29 is 18.3 Å². The van der Waals surface area contributed by atoms with Crippen molar-refractivity contribution in [3.63, 3.8) is 0 Å². The Morgan fingerprint density at radius 1 is 1.13 bits per heavy atom. The number of hydrogen-bond acceptors (Lipinski definition) is 9. The number of pyridine rings is 1. The number of anilines is 2. The van der Waals surface area contributed by atoms with Gasteiger partial charge in [0.15, 0.2) is 0 Å². The lowest BCUT2D eigenvalue weighted by molar-refractivity contribution is 0.259.